The smallest absolute Gasteiger partial charge is 1.00 e. The van der Waals surface area contributed by atoms with Crippen molar-refractivity contribution < 1.29 is 16.3 Å². The van der Waals surface area contributed by atoms with Crippen LogP contribution in [0.15, 0.2) is 0 Å². The van der Waals surface area contributed by atoms with E-state index in [1.165, 1.54) is 0 Å². The van der Waals surface area contributed by atoms with Crippen LogP contribution in [-0.4, -0.2) is 76.3 Å². The van der Waals surface area contributed by atoms with Crippen molar-refractivity contribution in [2.24, 2.45) is 0 Å². The minimum absolute atomic E-state index is 0. The molecule has 6 heavy (non-hydrogen) atoms. The fourth-order valence-corrected chi connectivity index (χ4v) is 0. The molecule has 0 nitrogen and oxygen atoms in total. The Morgan fingerprint density at radius 2 is 1.17 bits per heavy atom. The van der Waals surface area contributed by atoms with Gasteiger partial charge in [-0.1, -0.05) is 0 Å². The van der Waals surface area contributed by atoms with E-state index in [0.29, 0.717) is 0 Å². The molecule has 0 saturated carbocycles. The first kappa shape index (κ1) is 15.8. The van der Waals surface area contributed by atoms with E-state index in [2.05, 4.69) is 0 Å². The molecular weight excluding hydrogens is 148 g/mol. The summed E-state index contributed by atoms with van der Waals surface area (Å²) < 4.78 is 29.4. The van der Waals surface area contributed by atoms with Gasteiger partial charge in [0.1, 0.15) is 0 Å². The zero-order valence-corrected chi connectivity index (χ0v) is 7.90. The third-order valence-corrected chi connectivity index (χ3v) is 0. The average molecular weight is 152 g/mol. The normalized spacial score (nSPS) is 4.50. The van der Waals surface area contributed by atoms with Crippen molar-refractivity contribution in [3.05, 3.63) is 0 Å². The van der Waals surface area contributed by atoms with Crippen molar-refractivity contribution in [3.8, 4) is 0 Å². The van der Waals surface area contributed by atoms with Crippen LogP contribution in [0.4, 0.5) is 10.6 Å². The van der Waals surface area contributed by atoms with E-state index in [1.54, 1.807) is 0 Å². The topological polar surface area (TPSA) is 0 Å². The average Bonchev–Trinajstić information content (AvgIpc) is 0.811. The largest absolute Gasteiger partial charge is 2.00 e. The van der Waals surface area contributed by atoms with Gasteiger partial charge in [0.05, 0.1) is 0 Å². The molecule has 0 aliphatic heterocycles. The van der Waals surface area contributed by atoms with E-state index in [1.807, 2.05) is 0 Å². The van der Waals surface area contributed by atoms with Crippen molar-refractivity contribution in [2.75, 3.05) is 0 Å². The first-order chi connectivity index (χ1) is 1.73. The fraction of sp³-hybridized carbons (Fsp3) is 0. The molecule has 0 atom stereocenters. The molecule has 0 saturated heterocycles. The van der Waals surface area contributed by atoms with Crippen LogP contribution in [0, 0.1) is 0 Å². The molecule has 0 aliphatic rings. The number of hydrogen-bond donors (Lipinski definition) is 0. The van der Waals surface area contributed by atoms with Crippen LogP contribution in [0.25, 0.3) is 0 Å². The van der Waals surface area contributed by atoms with Crippen molar-refractivity contribution in [3.63, 3.8) is 0 Å². The molecule has 0 fully saturated rings. The van der Waals surface area contributed by atoms with Crippen LogP contribution in [-0.2, 0) is 0 Å². The van der Waals surface area contributed by atoms with E-state index >= 15 is 0 Å². The predicted molar refractivity (Wildman–Crippen MR) is 25.0 cm³/mol. The summed E-state index contributed by atoms with van der Waals surface area (Å²) in [5.74, 6) is 0. The van der Waals surface area contributed by atoms with Gasteiger partial charge in [0.25, 0.3) is 0 Å². The Bertz CT molecular complexity index is 25.2. The Morgan fingerprint density at radius 1 is 1.17 bits per heavy atom. The predicted octanol–water partition coefficient (Wildman–Crippen LogP) is 0.568. The van der Waals surface area contributed by atoms with E-state index in [-0.39, 0.29) is 66.5 Å². The number of rotatable bonds is 0. The molecule has 0 bridgehead atoms. The van der Waals surface area contributed by atoms with Gasteiger partial charge in [0.2, 0.25) is 0 Å². The van der Waals surface area contributed by atoms with Gasteiger partial charge in [0.15, 0.2) is 0 Å². The molecule has 0 heterocycles. The van der Waals surface area contributed by atoms with Gasteiger partial charge in [0, 0.05) is 0 Å². The Morgan fingerprint density at radius 3 is 1.17 bits per heavy atom. The van der Waals surface area contributed by atoms with E-state index in [9.17, 15) is 10.6 Å². The van der Waals surface area contributed by atoms with Crippen LogP contribution in [0.2, 0.25) is 0 Å². The Hall–Kier alpha value is 2.35. The minimum Gasteiger partial charge on any atom is -1.00 e. The van der Waals surface area contributed by atoms with Gasteiger partial charge in [-0.2, -0.15) is 0 Å². The Balaban J connectivity index is -0.00000000300. The van der Waals surface area contributed by atoms with Gasteiger partial charge in [-0.05, 0) is 0 Å². The van der Waals surface area contributed by atoms with Gasteiger partial charge in [-0.15, -0.1) is 0 Å². The SMILES string of the molecule is [Ca+2].[F][Al]([F])[F].[H-].[H-].[H-].[H-].[Mg+2]. The van der Waals surface area contributed by atoms with E-state index in [4.69, 9.17) is 0 Å². The zero-order chi connectivity index (χ0) is 3.58. The molecule has 0 aromatic rings. The molecule has 0 amide bonds. The van der Waals surface area contributed by atoms with Crippen molar-refractivity contribution in [1.82, 2.24) is 0 Å². The second kappa shape index (κ2) is 10.4. The third kappa shape index (κ3) is 32.9. The summed E-state index contributed by atoms with van der Waals surface area (Å²) >= 11 is -4.64. The van der Waals surface area contributed by atoms with E-state index in [0.717, 1.165) is 0 Å². The maximum absolute atomic E-state index is 9.81. The molecule has 0 aliphatic carbocycles. The Kier molecular flexibility index (Phi) is 27.2. The monoisotopic (exact) mass is 152 g/mol. The van der Waals surface area contributed by atoms with Crippen LogP contribution in [0.3, 0.4) is 0 Å². The fourth-order valence-electron chi connectivity index (χ4n) is 0. The van der Waals surface area contributed by atoms with Crippen LogP contribution >= 0.6 is 0 Å². The summed E-state index contributed by atoms with van der Waals surface area (Å²) in [5, 5.41) is 0. The summed E-state index contributed by atoms with van der Waals surface area (Å²) in [7, 11) is 0. The standard InChI is InChI=1S/Al.Ca.3FH.Mg.4H/h;;3*1H;;;;;/q+3;+2;;;;+2;4*-1/p-3. The molecule has 32 valence electrons. The second-order valence-electron chi connectivity index (χ2n) is 0.247. The maximum Gasteiger partial charge on any atom is 2.00 e. The van der Waals surface area contributed by atoms with Crippen LogP contribution in [0.5, 0.6) is 0 Å². The molecule has 0 rings (SSSR count). The molecule has 6 heteroatoms. The van der Waals surface area contributed by atoms with Crippen molar-refractivity contribution in [1.29, 1.82) is 0 Å². The quantitative estimate of drug-likeness (QED) is 0.445. The van der Waals surface area contributed by atoms with Gasteiger partial charge >= 0.3 is 76.3 Å². The molecular formula is H4AlCaF3Mg. The third-order valence-electron chi connectivity index (χ3n) is 0. The van der Waals surface area contributed by atoms with Crippen molar-refractivity contribution in [2.45, 2.75) is 0 Å². The van der Waals surface area contributed by atoms with Gasteiger partial charge in [-0.25, -0.2) is 0 Å². The first-order valence-corrected chi connectivity index (χ1v) is 1.96. The summed E-state index contributed by atoms with van der Waals surface area (Å²) in [5.41, 5.74) is 0. The first-order valence-electron chi connectivity index (χ1n) is 0.655. The van der Waals surface area contributed by atoms with Crippen LogP contribution < -0.4 is 0 Å². The summed E-state index contributed by atoms with van der Waals surface area (Å²) in [4.78, 5) is 0. The summed E-state index contributed by atoms with van der Waals surface area (Å²) in [6.45, 7) is 0. The number of halogens is 3. The molecule has 0 spiro atoms. The van der Waals surface area contributed by atoms with Gasteiger partial charge < -0.3 is 16.3 Å². The molecule has 0 unspecified atom stereocenters. The summed E-state index contributed by atoms with van der Waals surface area (Å²) in [6.07, 6.45) is 0. The van der Waals surface area contributed by atoms with Crippen LogP contribution in [0.1, 0.15) is 5.71 Å². The molecule has 0 aromatic heterocycles. The zero-order valence-electron chi connectivity index (χ0n) is 7.13. The number of hydrogen-bond acceptors (Lipinski definition) is 0. The molecule has 0 radical (unpaired) electrons. The Labute approximate surface area is 91.4 Å². The van der Waals surface area contributed by atoms with Gasteiger partial charge in [-0.3, -0.25) is 0 Å². The minimum atomic E-state index is -4.64. The molecule has 0 aromatic carbocycles. The second-order valence-corrected chi connectivity index (χ2v) is 0.742. The van der Waals surface area contributed by atoms with Crippen molar-refractivity contribution >= 4 is 76.3 Å². The summed E-state index contributed by atoms with van der Waals surface area (Å²) in [6, 6.07) is 0. The maximum atomic E-state index is 9.81. The van der Waals surface area contributed by atoms with E-state index < -0.39 is 15.5 Å². The molecule has 0 N–H and O–H groups in total.